The molecule has 0 bridgehead atoms. The molecule has 2 aliphatic rings. The zero-order valence-corrected chi connectivity index (χ0v) is 21.2. The lowest BCUT2D eigenvalue weighted by atomic mass is 10.0. The highest BCUT2D eigenvalue weighted by Crippen LogP contribution is 2.33. The fraction of sp³-hybridized carbons (Fsp3) is 0.864. The standard InChI is InChI=1S/C22H39N7O5S/c23-29-26-9-5-1-2-7-19(30)24-10-12-33-14-15-34-13-11-25-20(31)8-4-3-6-18-21-17(16-35-18)27-22(32)28-21/h17-18,21H,1-16H2,(H,24,30)(H,25,31)(H2,27,28,32). The van der Waals surface area contributed by atoms with E-state index in [1.165, 1.54) is 0 Å². The molecule has 0 spiro atoms. The van der Waals surface area contributed by atoms with Crippen LogP contribution in [0.25, 0.3) is 10.4 Å². The van der Waals surface area contributed by atoms with Crippen LogP contribution >= 0.6 is 11.8 Å². The Labute approximate surface area is 211 Å². The highest BCUT2D eigenvalue weighted by molar-refractivity contribution is 8.00. The Balaban J connectivity index is 1.30. The van der Waals surface area contributed by atoms with E-state index in [1.807, 2.05) is 11.8 Å². The van der Waals surface area contributed by atoms with Crippen molar-refractivity contribution < 1.29 is 23.9 Å². The smallest absolute Gasteiger partial charge is 0.315 e. The highest BCUT2D eigenvalue weighted by Gasteiger charge is 2.42. The molecule has 0 aromatic rings. The summed E-state index contributed by atoms with van der Waals surface area (Å²) in [5, 5.41) is 15.5. The first-order chi connectivity index (χ1) is 17.1. The van der Waals surface area contributed by atoms with E-state index in [4.69, 9.17) is 15.0 Å². The molecule has 0 aromatic heterocycles. The normalized spacial score (nSPS) is 20.5. The largest absolute Gasteiger partial charge is 0.377 e. The predicted octanol–water partition coefficient (Wildman–Crippen LogP) is 1.85. The van der Waals surface area contributed by atoms with Crippen molar-refractivity contribution in [3.05, 3.63) is 10.4 Å². The summed E-state index contributed by atoms with van der Waals surface area (Å²) in [6.07, 6.45) is 6.21. The second-order valence-electron chi connectivity index (χ2n) is 8.56. The van der Waals surface area contributed by atoms with Crippen LogP contribution in [-0.4, -0.2) is 87.0 Å². The second kappa shape index (κ2) is 18.1. The van der Waals surface area contributed by atoms with Crippen molar-refractivity contribution in [2.45, 2.75) is 68.7 Å². The third-order valence-corrected chi connectivity index (χ3v) is 7.32. The van der Waals surface area contributed by atoms with Gasteiger partial charge in [-0.2, -0.15) is 11.8 Å². The van der Waals surface area contributed by atoms with Gasteiger partial charge < -0.3 is 30.7 Å². The van der Waals surface area contributed by atoms with E-state index in [0.717, 1.165) is 44.3 Å². The molecule has 35 heavy (non-hydrogen) atoms. The van der Waals surface area contributed by atoms with E-state index in [2.05, 4.69) is 31.3 Å². The first-order valence-corrected chi connectivity index (χ1v) is 13.5. The molecule has 0 aromatic carbocycles. The van der Waals surface area contributed by atoms with E-state index in [1.54, 1.807) is 0 Å². The molecule has 4 N–H and O–H groups in total. The van der Waals surface area contributed by atoms with Gasteiger partial charge in [0.1, 0.15) is 0 Å². The van der Waals surface area contributed by atoms with Crippen LogP contribution in [0.4, 0.5) is 4.79 Å². The number of azide groups is 1. The Morgan fingerprint density at radius 2 is 1.63 bits per heavy atom. The zero-order valence-electron chi connectivity index (χ0n) is 20.3. The number of nitrogens with zero attached hydrogens (tertiary/aromatic N) is 3. The summed E-state index contributed by atoms with van der Waals surface area (Å²) in [6, 6.07) is 0.404. The monoisotopic (exact) mass is 513 g/mol. The number of nitrogens with one attached hydrogen (secondary N) is 4. The van der Waals surface area contributed by atoms with Crippen LogP contribution in [0.5, 0.6) is 0 Å². The summed E-state index contributed by atoms with van der Waals surface area (Å²) in [7, 11) is 0. The molecule has 3 unspecified atom stereocenters. The number of carbonyl (C=O) groups excluding carboxylic acids is 3. The SMILES string of the molecule is [N-]=[N+]=NCCCCCC(=O)NCCOCCOCCNC(=O)CCCCC1SCC2NC(=O)NC21. The van der Waals surface area contributed by atoms with Crippen molar-refractivity contribution in [3.63, 3.8) is 0 Å². The molecule has 4 amide bonds. The molecule has 12 nitrogen and oxygen atoms in total. The molecular weight excluding hydrogens is 474 g/mol. The Kier molecular flexibility index (Phi) is 15.0. The van der Waals surface area contributed by atoms with Gasteiger partial charge in [-0.25, -0.2) is 4.79 Å². The molecule has 2 heterocycles. The van der Waals surface area contributed by atoms with E-state index < -0.39 is 0 Å². The number of fused-ring (bicyclic) bond motifs is 1. The number of amides is 4. The van der Waals surface area contributed by atoms with E-state index in [0.29, 0.717) is 64.2 Å². The molecule has 2 aliphatic heterocycles. The lowest BCUT2D eigenvalue weighted by molar-refractivity contribution is -0.122. The van der Waals surface area contributed by atoms with Crippen molar-refractivity contribution in [3.8, 4) is 0 Å². The number of hydrogen-bond donors (Lipinski definition) is 4. The van der Waals surface area contributed by atoms with Gasteiger partial charge in [-0.3, -0.25) is 9.59 Å². The summed E-state index contributed by atoms with van der Waals surface area (Å²) >= 11 is 1.90. The van der Waals surface area contributed by atoms with Crippen LogP contribution in [-0.2, 0) is 19.1 Å². The first-order valence-electron chi connectivity index (χ1n) is 12.5. The third-order valence-electron chi connectivity index (χ3n) is 5.81. The van der Waals surface area contributed by atoms with Gasteiger partial charge in [0.05, 0.1) is 38.5 Å². The average Bonchev–Trinajstić information content (AvgIpc) is 3.39. The number of urea groups is 1. The maximum absolute atomic E-state index is 11.9. The number of rotatable bonds is 20. The van der Waals surface area contributed by atoms with Gasteiger partial charge in [-0.1, -0.05) is 18.0 Å². The summed E-state index contributed by atoms with van der Waals surface area (Å²) in [6.45, 7) is 3.12. The topological polar surface area (TPSA) is 167 Å². The maximum atomic E-state index is 11.9. The lowest BCUT2D eigenvalue weighted by Gasteiger charge is -2.16. The van der Waals surface area contributed by atoms with Crippen LogP contribution in [0.2, 0.25) is 0 Å². The number of carbonyl (C=O) groups is 3. The molecule has 0 aliphatic carbocycles. The van der Waals surface area contributed by atoms with E-state index in [-0.39, 0.29) is 29.9 Å². The Hall–Kier alpha value is -2.21. The van der Waals surface area contributed by atoms with Crippen LogP contribution in [0.3, 0.4) is 0 Å². The maximum Gasteiger partial charge on any atom is 0.315 e. The fourth-order valence-corrected chi connectivity index (χ4v) is 5.53. The Bertz CT molecular complexity index is 708. The van der Waals surface area contributed by atoms with Crippen molar-refractivity contribution >= 4 is 29.6 Å². The van der Waals surface area contributed by atoms with E-state index in [9.17, 15) is 14.4 Å². The Morgan fingerprint density at radius 3 is 2.29 bits per heavy atom. The van der Waals surface area contributed by atoms with Gasteiger partial charge in [-0.05, 0) is 31.2 Å². The minimum Gasteiger partial charge on any atom is -0.377 e. The van der Waals surface area contributed by atoms with Crippen LogP contribution in [0.1, 0.15) is 51.4 Å². The zero-order chi connectivity index (χ0) is 25.1. The minimum atomic E-state index is -0.0640. The number of thioether (sulfide) groups is 1. The minimum absolute atomic E-state index is 0.00458. The van der Waals surface area contributed by atoms with Gasteiger partial charge in [0.2, 0.25) is 11.8 Å². The Morgan fingerprint density at radius 1 is 0.971 bits per heavy atom. The summed E-state index contributed by atoms with van der Waals surface area (Å²) in [5.41, 5.74) is 8.18. The summed E-state index contributed by atoms with van der Waals surface area (Å²) < 4.78 is 10.9. The molecule has 13 heteroatoms. The van der Waals surface area contributed by atoms with Gasteiger partial charge in [0.15, 0.2) is 0 Å². The molecule has 2 rings (SSSR count). The van der Waals surface area contributed by atoms with Crippen molar-refractivity contribution in [1.82, 2.24) is 21.3 Å². The molecule has 2 saturated heterocycles. The summed E-state index contributed by atoms with van der Waals surface area (Å²) in [5.74, 6) is 0.985. The van der Waals surface area contributed by atoms with Gasteiger partial charge in [0, 0.05) is 48.4 Å². The predicted molar refractivity (Wildman–Crippen MR) is 134 cm³/mol. The molecule has 0 saturated carbocycles. The lowest BCUT2D eigenvalue weighted by Crippen LogP contribution is -2.36. The van der Waals surface area contributed by atoms with Crippen molar-refractivity contribution in [2.24, 2.45) is 5.11 Å². The quantitative estimate of drug-likeness (QED) is 0.0637. The number of unbranched alkanes of at least 4 members (excludes halogenated alkanes) is 3. The van der Waals surface area contributed by atoms with Gasteiger partial charge in [0.25, 0.3) is 0 Å². The van der Waals surface area contributed by atoms with Crippen molar-refractivity contribution in [1.29, 1.82) is 0 Å². The average molecular weight is 514 g/mol. The van der Waals surface area contributed by atoms with Crippen LogP contribution in [0, 0.1) is 0 Å². The number of hydrogen-bond acceptors (Lipinski definition) is 7. The number of ether oxygens (including phenoxy) is 2. The summed E-state index contributed by atoms with van der Waals surface area (Å²) in [4.78, 5) is 37.7. The molecule has 198 valence electrons. The first kappa shape index (κ1) is 29.0. The van der Waals surface area contributed by atoms with E-state index >= 15 is 0 Å². The van der Waals surface area contributed by atoms with Crippen LogP contribution < -0.4 is 21.3 Å². The van der Waals surface area contributed by atoms with Crippen LogP contribution in [0.15, 0.2) is 5.11 Å². The highest BCUT2D eigenvalue weighted by atomic mass is 32.2. The molecular formula is C22H39N7O5S. The second-order valence-corrected chi connectivity index (χ2v) is 9.83. The molecule has 2 fully saturated rings. The third kappa shape index (κ3) is 12.9. The fourth-order valence-electron chi connectivity index (χ4n) is 3.99. The molecule has 3 atom stereocenters. The van der Waals surface area contributed by atoms with Gasteiger partial charge in [-0.15, -0.1) is 0 Å². The molecule has 0 radical (unpaired) electrons. The van der Waals surface area contributed by atoms with Gasteiger partial charge >= 0.3 is 6.03 Å². The van der Waals surface area contributed by atoms with Crippen molar-refractivity contribution in [2.75, 3.05) is 51.8 Å².